The van der Waals surface area contributed by atoms with Crippen LogP contribution in [-0.4, -0.2) is 24.5 Å². The van der Waals surface area contributed by atoms with E-state index in [4.69, 9.17) is 5.73 Å². The van der Waals surface area contributed by atoms with Gasteiger partial charge < -0.3 is 10.6 Å². The van der Waals surface area contributed by atoms with E-state index in [1.54, 1.807) is 0 Å². The molecule has 104 valence electrons. The number of anilines is 1. The van der Waals surface area contributed by atoms with E-state index in [0.717, 1.165) is 17.5 Å². The first kappa shape index (κ1) is 13.0. The Kier molecular flexibility index (Phi) is 3.30. The van der Waals surface area contributed by atoms with Crippen molar-refractivity contribution in [3.05, 3.63) is 29.8 Å². The summed E-state index contributed by atoms with van der Waals surface area (Å²) in [5.74, 6) is 1.98. The van der Waals surface area contributed by atoms with Gasteiger partial charge in [0.05, 0.1) is 0 Å². The number of fused-ring (bicyclic) bond motifs is 1. The fraction of sp³-hybridized carbons (Fsp3) is 0.647. The molecule has 19 heavy (non-hydrogen) atoms. The van der Waals surface area contributed by atoms with Crippen molar-refractivity contribution in [2.75, 3.05) is 25.4 Å². The Bertz CT molecular complexity index is 423. The van der Waals surface area contributed by atoms with Gasteiger partial charge in [0.15, 0.2) is 0 Å². The highest BCUT2D eigenvalue weighted by molar-refractivity contribution is 5.41. The molecule has 0 aromatic heterocycles. The third-order valence-electron chi connectivity index (χ3n) is 5.11. The second kappa shape index (κ2) is 4.82. The Morgan fingerprint density at radius 2 is 1.68 bits per heavy atom. The van der Waals surface area contributed by atoms with Gasteiger partial charge in [0, 0.05) is 30.7 Å². The quantitative estimate of drug-likeness (QED) is 0.843. The number of rotatable bonds is 3. The summed E-state index contributed by atoms with van der Waals surface area (Å²) < 4.78 is 0. The molecule has 2 aliphatic rings. The maximum Gasteiger partial charge on any atom is 0.0314 e. The molecule has 3 rings (SSSR count). The molecule has 0 amide bonds. The number of nitrogens with two attached hydrogens (primary N) is 1. The van der Waals surface area contributed by atoms with E-state index in [9.17, 15) is 0 Å². The van der Waals surface area contributed by atoms with Crippen molar-refractivity contribution in [1.29, 1.82) is 0 Å². The highest BCUT2D eigenvalue weighted by Gasteiger charge is 2.37. The number of benzene rings is 1. The van der Waals surface area contributed by atoms with Gasteiger partial charge in [-0.25, -0.2) is 0 Å². The van der Waals surface area contributed by atoms with Crippen LogP contribution in [0.4, 0.5) is 5.69 Å². The minimum Gasteiger partial charge on any atom is -0.399 e. The minimum atomic E-state index is 0.215. The second-order valence-electron chi connectivity index (χ2n) is 7.15. The summed E-state index contributed by atoms with van der Waals surface area (Å²) in [5.41, 5.74) is 8.26. The lowest BCUT2D eigenvalue weighted by atomic mass is 9.84. The van der Waals surface area contributed by atoms with E-state index < -0.39 is 0 Å². The molecule has 1 heterocycles. The monoisotopic (exact) mass is 258 g/mol. The van der Waals surface area contributed by atoms with Crippen LogP contribution >= 0.6 is 0 Å². The molecule has 0 bridgehead atoms. The zero-order valence-electron chi connectivity index (χ0n) is 12.2. The Hall–Kier alpha value is -1.02. The van der Waals surface area contributed by atoms with Crippen molar-refractivity contribution in [2.45, 2.75) is 38.5 Å². The average molecular weight is 258 g/mol. The van der Waals surface area contributed by atoms with Gasteiger partial charge in [-0.2, -0.15) is 0 Å². The molecule has 2 heteroatoms. The molecule has 1 aromatic rings. The van der Waals surface area contributed by atoms with Gasteiger partial charge in [-0.05, 0) is 42.4 Å². The highest BCUT2D eigenvalue weighted by atomic mass is 15.2. The van der Waals surface area contributed by atoms with Crippen LogP contribution in [0.3, 0.4) is 0 Å². The Morgan fingerprint density at radius 1 is 1.11 bits per heavy atom. The Morgan fingerprint density at radius 3 is 2.26 bits per heavy atom. The van der Waals surface area contributed by atoms with Crippen LogP contribution < -0.4 is 5.73 Å². The van der Waals surface area contributed by atoms with E-state index in [1.807, 2.05) is 12.1 Å². The largest absolute Gasteiger partial charge is 0.399 e. The summed E-state index contributed by atoms with van der Waals surface area (Å²) in [7, 11) is 0. The van der Waals surface area contributed by atoms with Crippen molar-refractivity contribution < 1.29 is 0 Å². The lowest BCUT2D eigenvalue weighted by Crippen LogP contribution is -2.36. The molecule has 1 aliphatic heterocycles. The van der Waals surface area contributed by atoms with Crippen LogP contribution in [0.5, 0.6) is 0 Å². The van der Waals surface area contributed by atoms with Crippen LogP contribution in [0.25, 0.3) is 0 Å². The third-order valence-corrected chi connectivity index (χ3v) is 5.11. The lowest BCUT2D eigenvalue weighted by molar-refractivity contribution is 0.251. The number of nitrogen functional groups attached to an aromatic ring is 1. The average Bonchev–Trinajstić information content (AvgIpc) is 2.89. The van der Waals surface area contributed by atoms with Crippen LogP contribution in [0.2, 0.25) is 0 Å². The zero-order valence-corrected chi connectivity index (χ0v) is 12.2. The molecule has 2 unspecified atom stereocenters. The normalized spacial score (nSPS) is 27.7. The molecule has 1 saturated carbocycles. The summed E-state index contributed by atoms with van der Waals surface area (Å²) >= 11 is 0. The first-order valence-corrected chi connectivity index (χ1v) is 7.63. The molecule has 0 spiro atoms. The molecule has 1 aromatic carbocycles. The van der Waals surface area contributed by atoms with Crippen molar-refractivity contribution in [1.82, 2.24) is 4.90 Å². The lowest BCUT2D eigenvalue weighted by Gasteiger charge is -2.31. The fourth-order valence-electron chi connectivity index (χ4n) is 4.05. The molecule has 1 aliphatic carbocycles. The maximum absolute atomic E-state index is 5.79. The van der Waals surface area contributed by atoms with Crippen LogP contribution in [0.15, 0.2) is 24.3 Å². The summed E-state index contributed by atoms with van der Waals surface area (Å²) in [6.07, 6.45) is 4.39. The summed E-state index contributed by atoms with van der Waals surface area (Å²) in [4.78, 5) is 2.69. The van der Waals surface area contributed by atoms with Gasteiger partial charge in [-0.15, -0.1) is 0 Å². The van der Waals surface area contributed by atoms with Crippen molar-refractivity contribution in [3.63, 3.8) is 0 Å². The van der Waals surface area contributed by atoms with Crippen LogP contribution in [-0.2, 0) is 5.41 Å². The topological polar surface area (TPSA) is 29.3 Å². The van der Waals surface area contributed by atoms with Crippen molar-refractivity contribution in [2.24, 2.45) is 11.8 Å². The fourth-order valence-corrected chi connectivity index (χ4v) is 4.05. The highest BCUT2D eigenvalue weighted by Crippen LogP contribution is 2.39. The van der Waals surface area contributed by atoms with Gasteiger partial charge in [0.2, 0.25) is 0 Å². The number of likely N-dealkylation sites (tertiary alicyclic amines) is 1. The zero-order chi connectivity index (χ0) is 13.5. The summed E-state index contributed by atoms with van der Waals surface area (Å²) in [6, 6.07) is 8.42. The van der Waals surface area contributed by atoms with E-state index in [1.165, 1.54) is 44.5 Å². The molecule has 2 nitrogen and oxygen atoms in total. The van der Waals surface area contributed by atoms with E-state index in [2.05, 4.69) is 30.9 Å². The molecule has 2 fully saturated rings. The Balaban J connectivity index is 1.66. The first-order valence-electron chi connectivity index (χ1n) is 7.63. The van der Waals surface area contributed by atoms with Crippen LogP contribution in [0, 0.1) is 11.8 Å². The SMILES string of the molecule is CC(C)(CN1CC2CCCC2C1)c1ccc(N)cc1. The second-order valence-corrected chi connectivity index (χ2v) is 7.15. The van der Waals surface area contributed by atoms with Gasteiger partial charge in [0.25, 0.3) is 0 Å². The number of nitrogens with zero attached hydrogens (tertiary/aromatic N) is 1. The first-order chi connectivity index (χ1) is 9.04. The van der Waals surface area contributed by atoms with Gasteiger partial charge >= 0.3 is 0 Å². The van der Waals surface area contributed by atoms with Gasteiger partial charge in [-0.3, -0.25) is 0 Å². The van der Waals surface area contributed by atoms with Crippen molar-refractivity contribution >= 4 is 5.69 Å². The van der Waals surface area contributed by atoms with E-state index >= 15 is 0 Å². The standard InChI is InChI=1S/C17H26N2/c1-17(2,15-6-8-16(18)9-7-15)12-19-10-13-4-3-5-14(13)11-19/h6-9,13-14H,3-5,10-12,18H2,1-2H3. The summed E-state index contributed by atoms with van der Waals surface area (Å²) in [6.45, 7) is 8.52. The molecular formula is C17H26N2. The van der Waals surface area contributed by atoms with E-state index in [-0.39, 0.29) is 5.41 Å². The molecule has 2 N–H and O–H groups in total. The Labute approximate surface area is 117 Å². The van der Waals surface area contributed by atoms with E-state index in [0.29, 0.717) is 0 Å². The maximum atomic E-state index is 5.79. The molecule has 0 radical (unpaired) electrons. The predicted octanol–water partition coefficient (Wildman–Crippen LogP) is 3.28. The number of hydrogen-bond acceptors (Lipinski definition) is 2. The minimum absolute atomic E-state index is 0.215. The van der Waals surface area contributed by atoms with Crippen LogP contribution in [0.1, 0.15) is 38.7 Å². The van der Waals surface area contributed by atoms with Crippen molar-refractivity contribution in [3.8, 4) is 0 Å². The third kappa shape index (κ3) is 2.64. The molecule has 2 atom stereocenters. The summed E-state index contributed by atoms with van der Waals surface area (Å²) in [5, 5.41) is 0. The predicted molar refractivity (Wildman–Crippen MR) is 81.2 cm³/mol. The smallest absolute Gasteiger partial charge is 0.0314 e. The molecule has 1 saturated heterocycles. The van der Waals surface area contributed by atoms with Gasteiger partial charge in [0.1, 0.15) is 0 Å². The van der Waals surface area contributed by atoms with Gasteiger partial charge in [-0.1, -0.05) is 32.4 Å². The molecular weight excluding hydrogens is 232 g/mol. The number of hydrogen-bond donors (Lipinski definition) is 1.